The normalized spacial score (nSPS) is 15.4. The van der Waals surface area contributed by atoms with Gasteiger partial charge < -0.3 is 88.9 Å². The minimum absolute atomic E-state index is 0.00917. The predicted octanol–water partition coefficient (Wildman–Crippen LogP) is 3.32. The molecule has 1 aliphatic heterocycles. The number of nitrogens with two attached hydrogens (primary N) is 1. The molecule has 4 aromatic rings. The first-order valence-corrected chi connectivity index (χ1v) is 45.1. The maximum absolute atomic E-state index is 14.9. The standard InChI is InChI=1S/C96H129N9O29/c1-9-54(5)87(83(119)42-62(36-59-21-26-66(110)27-22-59)90(128)100-75(34-52(2)3)79(115)40-63(44-85(122)123)89(127)99-55(6)16-13-14-32-97)104-92(130)65(50-106)43-80(116)76(38-60-23-28-67(111)29-24-60)101-91(129)64(45-86(124)125)41-81(117)78(51-107)103-94(132)73(57(8)109)48-82(118)77(37-58-17-11-10-12-18-58)102-93(131)72(56(7)108)47-70(114)49-98-88(126)61(25-31-84(120)121)39-69(113)46-68(112)19-15-33-105-95(133)71-30-20-53(4)35-74(71)96(105)134/h10-12,17-18,20-24,26-30,35,52,54-57,61-65,72-73,75-78,87,106-111H,9,13-16,19,25,31-34,36-51,97H2,1-8H3,(H,98,126)(H,99,127)(H,100,128)(H,101,129)(H,102,131)(H,103,132)(H,104,130)(H,120,121)(H,122,123)(H,124,125)/t54-,55+,56+,57+,61+,62+,63-,64-,65-,72-,73-,75-,76-,77-,78-,87-/m0/s1. The van der Waals surface area contributed by atoms with E-state index in [4.69, 9.17) is 5.73 Å². The van der Waals surface area contributed by atoms with Gasteiger partial charge in [0.05, 0.1) is 116 Å². The monoisotopic (exact) mass is 1870 g/mol. The number of aliphatic hydroxyl groups is 4. The number of phenols is 2. The Hall–Kier alpha value is -12.5. The lowest BCUT2D eigenvalue weighted by molar-refractivity contribution is -0.143. The number of ketones is 8. The smallest absolute Gasteiger partial charge is 0.304 e. The van der Waals surface area contributed by atoms with Gasteiger partial charge in [-0.15, -0.1) is 0 Å². The van der Waals surface area contributed by atoms with Gasteiger partial charge in [-0.3, -0.25) is 101 Å². The van der Waals surface area contributed by atoms with Crippen LogP contribution < -0.4 is 43.0 Å². The van der Waals surface area contributed by atoms with Crippen LogP contribution >= 0.6 is 0 Å². The van der Waals surface area contributed by atoms with Gasteiger partial charge in [0.1, 0.15) is 29.1 Å². The summed E-state index contributed by atoms with van der Waals surface area (Å²) in [5, 5.41) is 111. The number of benzene rings is 4. The van der Waals surface area contributed by atoms with Crippen LogP contribution in [0.25, 0.3) is 0 Å². The molecule has 38 heteroatoms. The average molecular weight is 1870 g/mol. The molecule has 18 N–H and O–H groups in total. The third-order valence-corrected chi connectivity index (χ3v) is 23.5. The zero-order chi connectivity index (χ0) is 99.9. The molecule has 0 saturated carbocycles. The SMILES string of the molecule is CC[C@H](C)[C@H](NC(=O)[C@H](CO)CC(=O)[C@H](Cc1ccc(O)cc1)NC(=O)[C@H](CC(=O)O)CC(=O)[C@H](CO)NC(=O)[C@@H](CC(=O)[C@H](Cc1ccccc1)NC(=O)[C@@H](CC(=O)CNC(=O)[C@H](CCC(=O)O)CC(=O)CC(=O)CCCN1C(=O)c2ccc(C)cc2C1=O)[C@@H](C)O)[C@@H](C)O)C(=O)C[C@@H](Cc1ccc(O)cc1)C(=O)N[C@@H](CC(C)C)C(=O)C[C@@H](CC(=O)O)C(=O)N[C@H](C)CCCCN. The number of rotatable bonds is 65. The van der Waals surface area contributed by atoms with Crippen LogP contribution in [0.3, 0.4) is 0 Å². The van der Waals surface area contributed by atoms with Crippen LogP contribution in [0.15, 0.2) is 97.1 Å². The average Bonchev–Trinajstić information content (AvgIpc) is 1.63. The molecule has 0 spiro atoms. The third-order valence-electron chi connectivity index (χ3n) is 23.5. The number of carbonyl (C=O) groups is 20. The number of aliphatic carboxylic acids is 3. The van der Waals surface area contributed by atoms with Crippen molar-refractivity contribution in [3.05, 3.63) is 130 Å². The number of unbranched alkanes of at least 4 members (excludes halogenated alkanes) is 1. The van der Waals surface area contributed by atoms with Gasteiger partial charge in [0.15, 0.2) is 34.7 Å². The highest BCUT2D eigenvalue weighted by Crippen LogP contribution is 2.29. The number of hydrogen-bond donors (Lipinski definition) is 17. The summed E-state index contributed by atoms with van der Waals surface area (Å²) >= 11 is 0. The van der Waals surface area contributed by atoms with E-state index in [1.807, 2.05) is 0 Å². The molecule has 0 bridgehead atoms. The van der Waals surface area contributed by atoms with Gasteiger partial charge >= 0.3 is 17.9 Å². The Morgan fingerprint density at radius 1 is 0.418 bits per heavy atom. The lowest BCUT2D eigenvalue weighted by atomic mass is 9.85. The second-order valence-electron chi connectivity index (χ2n) is 35.2. The van der Waals surface area contributed by atoms with E-state index in [1.54, 1.807) is 84.0 Å². The summed E-state index contributed by atoms with van der Waals surface area (Å²) in [5.74, 6) is -31.8. The Morgan fingerprint density at radius 3 is 1.43 bits per heavy atom. The molecule has 1 aliphatic rings. The van der Waals surface area contributed by atoms with Crippen molar-refractivity contribution in [3.63, 3.8) is 0 Å². The molecular formula is C96H129N9O29. The lowest BCUT2D eigenvalue weighted by Gasteiger charge is -2.28. The van der Waals surface area contributed by atoms with Gasteiger partial charge in [-0.2, -0.15) is 0 Å². The molecule has 732 valence electrons. The highest BCUT2D eigenvalue weighted by molar-refractivity contribution is 6.21. The second-order valence-corrected chi connectivity index (χ2v) is 35.2. The number of carboxylic acid groups (broad SMARTS) is 3. The van der Waals surface area contributed by atoms with Crippen molar-refractivity contribution in [2.45, 2.75) is 245 Å². The summed E-state index contributed by atoms with van der Waals surface area (Å²) in [6.07, 6.45) is -11.6. The molecule has 1 heterocycles. The summed E-state index contributed by atoms with van der Waals surface area (Å²) in [5.41, 5.74) is 7.94. The van der Waals surface area contributed by atoms with Crippen LogP contribution in [0.4, 0.5) is 0 Å². The zero-order valence-electron chi connectivity index (χ0n) is 76.9. The topological polar surface area (TPSA) is 637 Å². The number of amides is 9. The van der Waals surface area contributed by atoms with E-state index < -0.39 is 316 Å². The first kappa shape index (κ1) is 112. The van der Waals surface area contributed by atoms with Crippen molar-refractivity contribution in [2.75, 3.05) is 32.8 Å². The zero-order valence-corrected chi connectivity index (χ0v) is 76.9. The molecule has 0 unspecified atom stereocenters. The molecule has 0 saturated heterocycles. The Morgan fingerprint density at radius 2 is 0.896 bits per heavy atom. The van der Waals surface area contributed by atoms with Crippen molar-refractivity contribution in [2.24, 2.45) is 59.0 Å². The number of carboxylic acids is 3. The number of aryl methyl sites for hydroxylation is 1. The first-order chi connectivity index (χ1) is 63.3. The van der Waals surface area contributed by atoms with Gasteiger partial charge in [-0.25, -0.2) is 0 Å². The quantitative estimate of drug-likeness (QED) is 0.0171. The van der Waals surface area contributed by atoms with Crippen LogP contribution in [-0.2, 0) is 106 Å². The van der Waals surface area contributed by atoms with Crippen LogP contribution in [0, 0.1) is 60.2 Å². The molecule has 0 aliphatic carbocycles. The van der Waals surface area contributed by atoms with Gasteiger partial charge in [-0.1, -0.05) is 107 Å². The number of fused-ring (bicyclic) bond motifs is 1. The number of carbonyl (C=O) groups excluding carboxylic acids is 17. The van der Waals surface area contributed by atoms with Gasteiger partial charge in [0.25, 0.3) is 11.8 Å². The van der Waals surface area contributed by atoms with Crippen LogP contribution in [0.1, 0.15) is 213 Å². The number of aromatic hydroxyl groups is 2. The van der Waals surface area contributed by atoms with Crippen molar-refractivity contribution < 1.29 is 142 Å². The van der Waals surface area contributed by atoms with E-state index in [-0.39, 0.29) is 79.2 Å². The lowest BCUT2D eigenvalue weighted by Crippen LogP contribution is -2.52. The van der Waals surface area contributed by atoms with E-state index in [9.17, 15) is 142 Å². The second kappa shape index (κ2) is 55.9. The summed E-state index contributed by atoms with van der Waals surface area (Å²) in [7, 11) is 0. The summed E-state index contributed by atoms with van der Waals surface area (Å²) < 4.78 is 0. The van der Waals surface area contributed by atoms with Crippen LogP contribution in [0.5, 0.6) is 11.5 Å². The maximum atomic E-state index is 14.9. The van der Waals surface area contributed by atoms with E-state index in [0.717, 1.165) is 24.3 Å². The number of Topliss-reactive ketones (excluding diaryl/α,β-unsaturated/α-hetero) is 8. The van der Waals surface area contributed by atoms with Gasteiger partial charge in [-0.05, 0) is 151 Å². The number of nitrogens with one attached hydrogen (secondary N) is 7. The largest absolute Gasteiger partial charge is 0.508 e. The number of aliphatic hydroxyl groups excluding tert-OH is 4. The minimum atomic E-state index is -2.00. The molecule has 38 nitrogen and oxygen atoms in total. The van der Waals surface area contributed by atoms with E-state index in [1.165, 1.54) is 54.6 Å². The van der Waals surface area contributed by atoms with E-state index in [2.05, 4.69) is 37.2 Å². The summed E-state index contributed by atoms with van der Waals surface area (Å²) in [6.45, 7) is 9.67. The molecule has 9 amide bonds. The number of phenolic OH excluding ortho intramolecular Hbond substituents is 2. The number of imide groups is 1. The molecule has 5 rings (SSSR count). The van der Waals surface area contributed by atoms with E-state index >= 15 is 0 Å². The number of hydrogen-bond acceptors (Lipinski definition) is 27. The van der Waals surface area contributed by atoms with Crippen LogP contribution in [-0.4, -0.2) is 250 Å². The fraction of sp³-hybridized carbons (Fsp3) is 0.542. The highest BCUT2D eigenvalue weighted by Gasteiger charge is 2.42. The van der Waals surface area contributed by atoms with Crippen molar-refractivity contribution in [1.82, 2.24) is 42.1 Å². The highest BCUT2D eigenvalue weighted by atomic mass is 16.4. The van der Waals surface area contributed by atoms with Crippen LogP contribution in [0.2, 0.25) is 0 Å². The van der Waals surface area contributed by atoms with Crippen molar-refractivity contribution in [1.29, 1.82) is 0 Å². The maximum Gasteiger partial charge on any atom is 0.304 e. The predicted molar refractivity (Wildman–Crippen MR) is 482 cm³/mol. The van der Waals surface area contributed by atoms with Gasteiger partial charge in [0.2, 0.25) is 41.4 Å². The molecule has 0 aromatic heterocycles. The molecule has 0 fully saturated rings. The first-order valence-electron chi connectivity index (χ1n) is 45.1. The third kappa shape index (κ3) is 37.5. The van der Waals surface area contributed by atoms with Crippen molar-refractivity contribution in [3.8, 4) is 11.5 Å². The van der Waals surface area contributed by atoms with Crippen molar-refractivity contribution >= 4 is 117 Å². The summed E-state index contributed by atoms with van der Waals surface area (Å²) in [4.78, 5) is 275. The summed E-state index contributed by atoms with van der Waals surface area (Å²) in [6, 6.07) is 15.1. The Kier molecular flexibility index (Phi) is 46.7. The Balaban J connectivity index is 1.29. The molecular weight excluding hydrogens is 1740 g/mol. The Labute approximate surface area is 776 Å². The molecule has 134 heavy (non-hydrogen) atoms. The fourth-order valence-corrected chi connectivity index (χ4v) is 15.6. The number of nitrogens with zero attached hydrogens (tertiary/aromatic N) is 1. The Bertz CT molecular complexity index is 4790. The molecule has 0 radical (unpaired) electrons. The van der Waals surface area contributed by atoms with E-state index in [0.29, 0.717) is 36.9 Å². The molecule has 4 aromatic carbocycles. The minimum Gasteiger partial charge on any atom is -0.508 e. The molecule has 16 atom stereocenters. The fourth-order valence-electron chi connectivity index (χ4n) is 15.6. The van der Waals surface area contributed by atoms with Gasteiger partial charge in [0, 0.05) is 82.2 Å².